The molecular formula is C32H27N3O3S2. The molecule has 0 aliphatic rings. The molecular weight excluding hydrogens is 539 g/mol. The van der Waals surface area contributed by atoms with Crippen molar-refractivity contribution in [3.63, 3.8) is 0 Å². The summed E-state index contributed by atoms with van der Waals surface area (Å²) in [4.78, 5) is 31.7. The van der Waals surface area contributed by atoms with E-state index in [1.807, 2.05) is 109 Å². The molecule has 1 aromatic heterocycles. The number of hydrogen-bond donors (Lipinski definition) is 2. The van der Waals surface area contributed by atoms with Gasteiger partial charge in [0.1, 0.15) is 11.0 Å². The predicted octanol–water partition coefficient (Wildman–Crippen LogP) is 7.85. The van der Waals surface area contributed by atoms with Crippen LogP contribution < -0.4 is 15.4 Å². The van der Waals surface area contributed by atoms with Gasteiger partial charge < -0.3 is 15.4 Å². The number of aryl methyl sites for hydroxylation is 1. The topological polar surface area (TPSA) is 80.3 Å². The lowest BCUT2D eigenvalue weighted by atomic mass is 10.1. The lowest BCUT2D eigenvalue weighted by molar-refractivity contribution is -0.115. The van der Waals surface area contributed by atoms with Crippen molar-refractivity contribution in [1.29, 1.82) is 0 Å². The normalized spacial score (nSPS) is 11.4. The molecule has 4 aromatic carbocycles. The zero-order chi connectivity index (χ0) is 27.9. The zero-order valence-electron chi connectivity index (χ0n) is 22.0. The number of anilines is 2. The third-order valence-corrected chi connectivity index (χ3v) is 8.22. The van der Waals surface area contributed by atoms with Crippen LogP contribution in [0.15, 0.2) is 113 Å². The average molecular weight is 566 g/mol. The maximum Gasteiger partial charge on any atom is 0.255 e. The van der Waals surface area contributed by atoms with Crippen LogP contribution in [0.1, 0.15) is 26.7 Å². The monoisotopic (exact) mass is 565 g/mol. The molecule has 0 bridgehead atoms. The van der Waals surface area contributed by atoms with Crippen molar-refractivity contribution in [3.8, 4) is 17.0 Å². The fraction of sp³-hybridized carbons (Fsp3) is 0.0938. The van der Waals surface area contributed by atoms with Crippen LogP contribution in [0.25, 0.3) is 11.3 Å². The number of amides is 2. The van der Waals surface area contributed by atoms with Crippen LogP contribution in [-0.2, 0) is 4.79 Å². The van der Waals surface area contributed by atoms with Gasteiger partial charge in [-0.25, -0.2) is 4.98 Å². The summed E-state index contributed by atoms with van der Waals surface area (Å²) in [5, 5.41) is 7.89. The molecule has 0 aliphatic heterocycles. The van der Waals surface area contributed by atoms with E-state index >= 15 is 0 Å². The smallest absolute Gasteiger partial charge is 0.255 e. The van der Waals surface area contributed by atoms with Crippen LogP contribution in [0.5, 0.6) is 5.75 Å². The van der Waals surface area contributed by atoms with Crippen molar-refractivity contribution >= 4 is 45.7 Å². The van der Waals surface area contributed by atoms with E-state index in [1.165, 1.54) is 23.1 Å². The molecule has 0 aliphatic carbocycles. The van der Waals surface area contributed by atoms with Gasteiger partial charge in [-0.2, -0.15) is 0 Å². The summed E-state index contributed by atoms with van der Waals surface area (Å²) in [7, 11) is 1.63. The van der Waals surface area contributed by atoms with Crippen molar-refractivity contribution in [2.24, 2.45) is 0 Å². The first-order chi connectivity index (χ1) is 19.5. The first-order valence-electron chi connectivity index (χ1n) is 12.6. The highest BCUT2D eigenvalue weighted by atomic mass is 32.2. The van der Waals surface area contributed by atoms with Crippen LogP contribution in [0.2, 0.25) is 0 Å². The van der Waals surface area contributed by atoms with Gasteiger partial charge in [0.15, 0.2) is 5.13 Å². The van der Waals surface area contributed by atoms with Gasteiger partial charge in [-0.05, 0) is 60.5 Å². The average Bonchev–Trinajstić information content (AvgIpc) is 3.46. The van der Waals surface area contributed by atoms with Gasteiger partial charge >= 0.3 is 0 Å². The second-order valence-electron chi connectivity index (χ2n) is 8.96. The highest BCUT2D eigenvalue weighted by Crippen LogP contribution is 2.37. The Kier molecular flexibility index (Phi) is 8.59. The Balaban J connectivity index is 1.30. The third-order valence-electron chi connectivity index (χ3n) is 6.20. The van der Waals surface area contributed by atoms with E-state index in [0.29, 0.717) is 16.4 Å². The molecule has 2 amide bonds. The molecule has 5 aromatic rings. The number of carbonyl (C=O) groups excluding carboxylic acids is 2. The fourth-order valence-electron chi connectivity index (χ4n) is 4.10. The molecule has 0 saturated carbocycles. The first kappa shape index (κ1) is 27.2. The summed E-state index contributed by atoms with van der Waals surface area (Å²) >= 11 is 2.82. The molecule has 200 valence electrons. The van der Waals surface area contributed by atoms with E-state index in [9.17, 15) is 9.59 Å². The van der Waals surface area contributed by atoms with Crippen molar-refractivity contribution in [3.05, 3.63) is 125 Å². The standard InChI is InChI=1S/C32H27N3O3S2/c1-21-9-6-7-14-27(21)30(36)33-24-15-17-26(18-16-24)40-29(22-10-4-3-5-11-22)31(37)35-32-34-28(20-39-32)23-12-8-13-25(19-23)38-2/h3-20,29H,1-2H3,(H,33,36)(H,34,35,37). The van der Waals surface area contributed by atoms with Gasteiger partial charge in [0.2, 0.25) is 5.91 Å². The molecule has 1 unspecified atom stereocenters. The molecule has 0 fully saturated rings. The summed E-state index contributed by atoms with van der Waals surface area (Å²) in [5.74, 6) is 0.425. The van der Waals surface area contributed by atoms with E-state index in [0.717, 1.165) is 33.0 Å². The maximum atomic E-state index is 13.5. The third kappa shape index (κ3) is 6.59. The Morgan fingerprint density at radius 3 is 2.38 bits per heavy atom. The lowest BCUT2D eigenvalue weighted by Gasteiger charge is -2.16. The van der Waals surface area contributed by atoms with Crippen LogP contribution in [0.4, 0.5) is 10.8 Å². The zero-order valence-corrected chi connectivity index (χ0v) is 23.6. The Hall–Kier alpha value is -4.40. The Labute approximate surface area is 241 Å². The molecule has 0 spiro atoms. The molecule has 6 nitrogen and oxygen atoms in total. The summed E-state index contributed by atoms with van der Waals surface area (Å²) in [6, 6.07) is 32.3. The number of carbonyl (C=O) groups is 2. The number of ether oxygens (including phenoxy) is 1. The minimum absolute atomic E-state index is 0.156. The molecule has 0 radical (unpaired) electrons. The van der Waals surface area contributed by atoms with Crippen molar-refractivity contribution in [2.75, 3.05) is 17.7 Å². The largest absolute Gasteiger partial charge is 0.497 e. The quantitative estimate of drug-likeness (QED) is 0.178. The van der Waals surface area contributed by atoms with Gasteiger partial charge in [-0.3, -0.25) is 9.59 Å². The Bertz CT molecular complexity index is 1620. The molecule has 8 heteroatoms. The second kappa shape index (κ2) is 12.6. The van der Waals surface area contributed by atoms with Crippen LogP contribution >= 0.6 is 23.1 Å². The Morgan fingerprint density at radius 1 is 0.875 bits per heavy atom. The number of thioether (sulfide) groups is 1. The van der Waals surface area contributed by atoms with Gasteiger partial charge in [-0.15, -0.1) is 23.1 Å². The SMILES string of the molecule is COc1cccc(-c2csc(NC(=O)C(Sc3ccc(NC(=O)c4ccccc4C)cc3)c3ccccc3)n2)c1. The predicted molar refractivity (Wildman–Crippen MR) is 163 cm³/mol. The number of aromatic nitrogens is 1. The Morgan fingerprint density at radius 2 is 1.62 bits per heavy atom. The molecule has 40 heavy (non-hydrogen) atoms. The van der Waals surface area contributed by atoms with Crippen molar-refractivity contribution in [2.45, 2.75) is 17.1 Å². The minimum atomic E-state index is -0.502. The fourth-order valence-corrected chi connectivity index (χ4v) is 5.84. The van der Waals surface area contributed by atoms with E-state index in [1.54, 1.807) is 13.2 Å². The van der Waals surface area contributed by atoms with Crippen LogP contribution in [0.3, 0.4) is 0 Å². The van der Waals surface area contributed by atoms with E-state index in [2.05, 4.69) is 15.6 Å². The highest BCUT2D eigenvalue weighted by Gasteiger charge is 2.23. The number of benzene rings is 4. The lowest BCUT2D eigenvalue weighted by Crippen LogP contribution is -2.19. The van der Waals surface area contributed by atoms with E-state index in [4.69, 9.17) is 4.74 Å². The molecule has 1 heterocycles. The van der Waals surface area contributed by atoms with Crippen molar-refractivity contribution in [1.82, 2.24) is 4.98 Å². The number of rotatable bonds is 9. The number of hydrogen-bond acceptors (Lipinski definition) is 6. The van der Waals surface area contributed by atoms with Crippen LogP contribution in [-0.4, -0.2) is 23.9 Å². The first-order valence-corrected chi connectivity index (χ1v) is 14.4. The van der Waals surface area contributed by atoms with E-state index < -0.39 is 5.25 Å². The molecule has 5 rings (SSSR count). The van der Waals surface area contributed by atoms with Crippen LogP contribution in [0, 0.1) is 6.92 Å². The van der Waals surface area contributed by atoms with Gasteiger partial charge in [0.05, 0.1) is 12.8 Å². The van der Waals surface area contributed by atoms with Gasteiger partial charge in [0.25, 0.3) is 5.91 Å². The summed E-state index contributed by atoms with van der Waals surface area (Å²) < 4.78 is 5.32. The summed E-state index contributed by atoms with van der Waals surface area (Å²) in [6.45, 7) is 1.91. The number of methoxy groups -OCH3 is 1. The molecule has 2 N–H and O–H groups in total. The molecule has 1 atom stereocenters. The summed E-state index contributed by atoms with van der Waals surface area (Å²) in [5.41, 5.74) is 4.81. The number of nitrogens with one attached hydrogen (secondary N) is 2. The van der Waals surface area contributed by atoms with Gasteiger partial charge in [-0.1, -0.05) is 60.7 Å². The van der Waals surface area contributed by atoms with Gasteiger partial charge in [0, 0.05) is 27.1 Å². The maximum absolute atomic E-state index is 13.5. The summed E-state index contributed by atoms with van der Waals surface area (Å²) in [6.07, 6.45) is 0. The number of nitrogens with zero attached hydrogens (tertiary/aromatic N) is 1. The number of thiazole rings is 1. The molecule has 0 saturated heterocycles. The highest BCUT2D eigenvalue weighted by molar-refractivity contribution is 8.00. The van der Waals surface area contributed by atoms with Crippen molar-refractivity contribution < 1.29 is 14.3 Å². The second-order valence-corrected chi connectivity index (χ2v) is 11.0. The minimum Gasteiger partial charge on any atom is -0.497 e. The van der Waals surface area contributed by atoms with E-state index in [-0.39, 0.29) is 11.8 Å².